The highest BCUT2D eigenvalue weighted by Crippen LogP contribution is 2.15. The van der Waals surface area contributed by atoms with Crippen LogP contribution in [0.3, 0.4) is 0 Å². The molecule has 0 unspecified atom stereocenters. The Morgan fingerprint density at radius 1 is 1.32 bits per heavy atom. The molecule has 1 saturated heterocycles. The first-order chi connectivity index (χ1) is 10.6. The predicted molar refractivity (Wildman–Crippen MR) is 85.7 cm³/mol. The highest BCUT2D eigenvalue weighted by Gasteiger charge is 2.23. The zero-order valence-corrected chi connectivity index (χ0v) is 13.5. The molecule has 1 aliphatic heterocycles. The summed E-state index contributed by atoms with van der Waals surface area (Å²) in [6.07, 6.45) is 4.19. The Morgan fingerprint density at radius 3 is 2.68 bits per heavy atom. The summed E-state index contributed by atoms with van der Waals surface area (Å²) >= 11 is 0. The van der Waals surface area contributed by atoms with E-state index < -0.39 is 0 Å². The lowest BCUT2D eigenvalue weighted by atomic mass is 10.1. The van der Waals surface area contributed by atoms with Crippen LogP contribution in [0.5, 0.6) is 0 Å². The number of hydrogen-bond donors (Lipinski definition) is 0. The van der Waals surface area contributed by atoms with E-state index in [0.29, 0.717) is 18.9 Å². The second kappa shape index (κ2) is 8.13. The zero-order chi connectivity index (χ0) is 15.9. The van der Waals surface area contributed by atoms with Gasteiger partial charge in [0.1, 0.15) is 0 Å². The van der Waals surface area contributed by atoms with E-state index >= 15 is 0 Å². The molecule has 0 bridgehead atoms. The Balaban J connectivity index is 1.73. The first-order valence-electron chi connectivity index (χ1n) is 8.11. The topological polar surface area (TPSA) is 51.5 Å². The molecule has 5 nitrogen and oxygen atoms in total. The summed E-state index contributed by atoms with van der Waals surface area (Å²) in [4.78, 5) is 25.7. The Labute approximate surface area is 131 Å². The molecule has 0 aromatic carbocycles. The van der Waals surface area contributed by atoms with Gasteiger partial charge in [-0.1, -0.05) is 19.9 Å². The molecule has 2 rings (SSSR count). The van der Waals surface area contributed by atoms with Crippen LogP contribution in [0, 0.1) is 5.92 Å². The average molecular weight is 306 g/mol. The molecule has 1 aromatic heterocycles. The van der Waals surface area contributed by atoms with Crippen LogP contribution < -0.4 is 5.56 Å². The summed E-state index contributed by atoms with van der Waals surface area (Å²) in [5.74, 6) is 0.668. The minimum atomic E-state index is -0.0592. The minimum Gasteiger partial charge on any atom is -0.378 e. The maximum atomic E-state index is 12.2. The van der Waals surface area contributed by atoms with Crippen molar-refractivity contribution >= 4 is 5.91 Å². The summed E-state index contributed by atoms with van der Waals surface area (Å²) < 4.78 is 7.41. The first kappa shape index (κ1) is 16.7. The van der Waals surface area contributed by atoms with Gasteiger partial charge in [-0.05, 0) is 24.8 Å². The van der Waals surface area contributed by atoms with Crippen molar-refractivity contribution in [3.63, 3.8) is 0 Å². The number of likely N-dealkylation sites (tertiary alicyclic amines) is 1. The number of aryl methyl sites for hydroxylation is 1. The summed E-state index contributed by atoms with van der Waals surface area (Å²) in [7, 11) is 0. The van der Waals surface area contributed by atoms with Crippen LogP contribution in [0.2, 0.25) is 0 Å². The molecule has 1 aromatic rings. The van der Waals surface area contributed by atoms with Gasteiger partial charge in [0.05, 0.1) is 6.10 Å². The highest BCUT2D eigenvalue weighted by molar-refractivity contribution is 5.76. The molecular formula is C17H26N2O3. The van der Waals surface area contributed by atoms with Crippen molar-refractivity contribution in [2.45, 2.75) is 45.8 Å². The van der Waals surface area contributed by atoms with E-state index in [1.165, 1.54) is 6.07 Å². The average Bonchev–Trinajstić information content (AvgIpc) is 2.52. The molecule has 122 valence electrons. The molecule has 5 heteroatoms. The largest absolute Gasteiger partial charge is 0.378 e. The van der Waals surface area contributed by atoms with E-state index in [0.717, 1.165) is 32.5 Å². The third-order valence-corrected chi connectivity index (χ3v) is 3.93. The molecule has 1 amide bonds. The quantitative estimate of drug-likeness (QED) is 0.806. The number of carbonyl (C=O) groups is 1. The van der Waals surface area contributed by atoms with E-state index in [2.05, 4.69) is 13.8 Å². The monoisotopic (exact) mass is 306 g/mol. The standard InChI is InChI=1S/C17H26N2O3/c1-14(2)13-22-15-6-10-19(11-7-15)17(21)8-12-18-9-4-3-5-16(18)20/h3-5,9,14-15H,6-8,10-13H2,1-2H3. The van der Waals surface area contributed by atoms with Crippen LogP contribution in [-0.4, -0.2) is 41.2 Å². The van der Waals surface area contributed by atoms with Crippen molar-refractivity contribution in [2.24, 2.45) is 5.92 Å². The smallest absolute Gasteiger partial charge is 0.250 e. The maximum Gasteiger partial charge on any atom is 0.250 e. The third kappa shape index (κ3) is 4.98. The lowest BCUT2D eigenvalue weighted by Gasteiger charge is -2.32. The third-order valence-electron chi connectivity index (χ3n) is 3.93. The Kier molecular flexibility index (Phi) is 6.19. The normalized spacial score (nSPS) is 16.2. The molecule has 0 radical (unpaired) electrons. The van der Waals surface area contributed by atoms with Gasteiger partial charge < -0.3 is 14.2 Å². The molecule has 22 heavy (non-hydrogen) atoms. The molecule has 0 aliphatic carbocycles. The van der Waals surface area contributed by atoms with Gasteiger partial charge in [0.2, 0.25) is 5.91 Å². The second-order valence-electron chi connectivity index (χ2n) is 6.29. The zero-order valence-electron chi connectivity index (χ0n) is 13.5. The molecule has 0 atom stereocenters. The number of aromatic nitrogens is 1. The summed E-state index contributed by atoms with van der Waals surface area (Å²) in [5.41, 5.74) is -0.0592. The molecule has 1 fully saturated rings. The van der Waals surface area contributed by atoms with Gasteiger partial charge >= 0.3 is 0 Å². The first-order valence-corrected chi connectivity index (χ1v) is 8.11. The van der Waals surface area contributed by atoms with E-state index in [1.807, 2.05) is 11.0 Å². The van der Waals surface area contributed by atoms with Gasteiger partial charge in [0.25, 0.3) is 5.56 Å². The second-order valence-corrected chi connectivity index (χ2v) is 6.29. The van der Waals surface area contributed by atoms with Crippen molar-refractivity contribution < 1.29 is 9.53 Å². The van der Waals surface area contributed by atoms with E-state index in [4.69, 9.17) is 4.74 Å². The van der Waals surface area contributed by atoms with Gasteiger partial charge in [0.15, 0.2) is 0 Å². The minimum absolute atomic E-state index is 0.0592. The molecule has 0 spiro atoms. The maximum absolute atomic E-state index is 12.2. The number of carbonyl (C=O) groups excluding carboxylic acids is 1. The Hall–Kier alpha value is -1.62. The lowest BCUT2D eigenvalue weighted by Crippen LogP contribution is -2.41. The summed E-state index contributed by atoms with van der Waals surface area (Å²) in [5, 5.41) is 0. The fourth-order valence-electron chi connectivity index (χ4n) is 2.62. The number of nitrogens with zero attached hydrogens (tertiary/aromatic N) is 2. The van der Waals surface area contributed by atoms with Gasteiger partial charge in [-0.25, -0.2) is 0 Å². The van der Waals surface area contributed by atoms with Crippen LogP contribution in [0.15, 0.2) is 29.2 Å². The lowest BCUT2D eigenvalue weighted by molar-refractivity contribution is -0.134. The number of rotatable bonds is 6. The number of piperidine rings is 1. The SMILES string of the molecule is CC(C)COC1CCN(C(=O)CCn2ccccc2=O)CC1. The number of amides is 1. The highest BCUT2D eigenvalue weighted by atomic mass is 16.5. The van der Waals surface area contributed by atoms with Gasteiger partial charge in [-0.3, -0.25) is 9.59 Å². The van der Waals surface area contributed by atoms with E-state index in [9.17, 15) is 9.59 Å². The fraction of sp³-hybridized carbons (Fsp3) is 0.647. The Bertz CT molecular complexity index is 531. The molecule has 1 aliphatic rings. The number of hydrogen-bond acceptors (Lipinski definition) is 3. The van der Waals surface area contributed by atoms with Crippen molar-refractivity contribution in [3.8, 4) is 0 Å². The van der Waals surface area contributed by atoms with Crippen LogP contribution in [0.25, 0.3) is 0 Å². The van der Waals surface area contributed by atoms with Crippen LogP contribution >= 0.6 is 0 Å². The number of pyridine rings is 1. The van der Waals surface area contributed by atoms with Crippen molar-refractivity contribution in [3.05, 3.63) is 34.7 Å². The van der Waals surface area contributed by atoms with Crippen molar-refractivity contribution in [1.29, 1.82) is 0 Å². The van der Waals surface area contributed by atoms with Crippen LogP contribution in [-0.2, 0) is 16.1 Å². The van der Waals surface area contributed by atoms with Crippen molar-refractivity contribution in [2.75, 3.05) is 19.7 Å². The van der Waals surface area contributed by atoms with Crippen LogP contribution in [0.4, 0.5) is 0 Å². The van der Waals surface area contributed by atoms with E-state index in [1.54, 1.807) is 16.8 Å². The summed E-state index contributed by atoms with van der Waals surface area (Å²) in [6, 6.07) is 5.04. The van der Waals surface area contributed by atoms with Gasteiger partial charge in [-0.2, -0.15) is 0 Å². The van der Waals surface area contributed by atoms with E-state index in [-0.39, 0.29) is 17.6 Å². The molecule has 0 N–H and O–H groups in total. The van der Waals surface area contributed by atoms with Crippen molar-refractivity contribution in [1.82, 2.24) is 9.47 Å². The predicted octanol–water partition coefficient (Wildman–Crippen LogP) is 1.90. The molecular weight excluding hydrogens is 280 g/mol. The van der Waals surface area contributed by atoms with Crippen LogP contribution in [0.1, 0.15) is 33.1 Å². The number of ether oxygens (including phenoxy) is 1. The van der Waals surface area contributed by atoms with Gasteiger partial charge in [0, 0.05) is 44.9 Å². The Morgan fingerprint density at radius 2 is 2.05 bits per heavy atom. The summed E-state index contributed by atoms with van der Waals surface area (Å²) in [6.45, 7) is 7.03. The molecule has 0 saturated carbocycles. The fourth-order valence-corrected chi connectivity index (χ4v) is 2.62. The van der Waals surface area contributed by atoms with Gasteiger partial charge in [-0.15, -0.1) is 0 Å². The molecule has 2 heterocycles.